The van der Waals surface area contributed by atoms with Crippen molar-refractivity contribution >= 4 is 22.8 Å². The first-order valence-corrected chi connectivity index (χ1v) is 5.46. The van der Waals surface area contributed by atoms with Gasteiger partial charge < -0.3 is 15.6 Å². The summed E-state index contributed by atoms with van der Waals surface area (Å²) in [6, 6.07) is 1.91. The van der Waals surface area contributed by atoms with Gasteiger partial charge in [0.2, 0.25) is 5.91 Å². The fourth-order valence-electron chi connectivity index (χ4n) is 1.66. The molecular weight excluding hydrogens is 218 g/mol. The highest BCUT2D eigenvalue weighted by molar-refractivity contribution is 5.85. The quantitative estimate of drug-likeness (QED) is 0.742. The van der Waals surface area contributed by atoms with Gasteiger partial charge in [-0.1, -0.05) is 0 Å². The van der Waals surface area contributed by atoms with Gasteiger partial charge in [-0.25, -0.2) is 9.97 Å². The number of aryl methyl sites for hydroxylation is 1. The molecule has 6 heteroatoms. The zero-order valence-corrected chi connectivity index (χ0v) is 9.68. The van der Waals surface area contributed by atoms with Crippen molar-refractivity contribution in [2.24, 2.45) is 12.8 Å². The van der Waals surface area contributed by atoms with Crippen LogP contribution in [0.15, 0.2) is 18.6 Å². The Kier molecular flexibility index (Phi) is 3.22. The molecule has 3 N–H and O–H groups in total. The van der Waals surface area contributed by atoms with E-state index in [9.17, 15) is 4.79 Å². The third-order valence-electron chi connectivity index (χ3n) is 2.54. The summed E-state index contributed by atoms with van der Waals surface area (Å²) < 4.78 is 1.94. The first-order valence-electron chi connectivity index (χ1n) is 5.46. The molecule has 0 aromatic carbocycles. The predicted molar refractivity (Wildman–Crippen MR) is 65.4 cm³/mol. The second-order valence-corrected chi connectivity index (χ2v) is 3.88. The van der Waals surface area contributed by atoms with Crippen LogP contribution in [0.2, 0.25) is 0 Å². The van der Waals surface area contributed by atoms with E-state index in [0.717, 1.165) is 16.9 Å². The number of hydrogen-bond donors (Lipinski definition) is 2. The zero-order chi connectivity index (χ0) is 12.3. The van der Waals surface area contributed by atoms with Crippen LogP contribution in [0.3, 0.4) is 0 Å². The summed E-state index contributed by atoms with van der Waals surface area (Å²) in [6.45, 7) is 0.658. The van der Waals surface area contributed by atoms with Gasteiger partial charge in [0.05, 0.1) is 11.8 Å². The number of amides is 1. The van der Waals surface area contributed by atoms with E-state index >= 15 is 0 Å². The number of pyridine rings is 1. The minimum Gasteiger partial charge on any atom is -0.370 e. The summed E-state index contributed by atoms with van der Waals surface area (Å²) >= 11 is 0. The molecule has 90 valence electrons. The van der Waals surface area contributed by atoms with Gasteiger partial charge in [-0.05, 0) is 12.5 Å². The van der Waals surface area contributed by atoms with Gasteiger partial charge >= 0.3 is 0 Å². The van der Waals surface area contributed by atoms with Crippen LogP contribution >= 0.6 is 0 Å². The van der Waals surface area contributed by atoms with E-state index in [1.165, 1.54) is 0 Å². The molecule has 2 heterocycles. The van der Waals surface area contributed by atoms with Crippen LogP contribution in [0.1, 0.15) is 12.8 Å². The summed E-state index contributed by atoms with van der Waals surface area (Å²) in [4.78, 5) is 19.1. The number of nitrogens with two attached hydrogens (primary N) is 1. The van der Waals surface area contributed by atoms with Gasteiger partial charge in [0.1, 0.15) is 5.52 Å². The molecule has 2 aromatic rings. The van der Waals surface area contributed by atoms with Crippen LogP contribution in [-0.2, 0) is 11.8 Å². The summed E-state index contributed by atoms with van der Waals surface area (Å²) in [5, 5.41) is 3.16. The van der Waals surface area contributed by atoms with Crippen LogP contribution < -0.4 is 11.1 Å². The Labute approximate surface area is 98.8 Å². The molecule has 0 aliphatic carbocycles. The lowest BCUT2D eigenvalue weighted by atomic mass is 10.3. The molecule has 2 aromatic heterocycles. The molecule has 6 nitrogen and oxygen atoms in total. The summed E-state index contributed by atoms with van der Waals surface area (Å²) in [5.74, 6) is 0.461. The second-order valence-electron chi connectivity index (χ2n) is 3.88. The highest BCUT2D eigenvalue weighted by Crippen LogP contribution is 2.18. The molecule has 0 atom stereocenters. The van der Waals surface area contributed by atoms with Crippen LogP contribution in [-0.4, -0.2) is 27.0 Å². The van der Waals surface area contributed by atoms with E-state index in [-0.39, 0.29) is 5.91 Å². The number of primary amides is 1. The van der Waals surface area contributed by atoms with Gasteiger partial charge in [-0.3, -0.25) is 4.79 Å². The second kappa shape index (κ2) is 4.82. The number of rotatable bonds is 5. The van der Waals surface area contributed by atoms with Crippen LogP contribution in [0.25, 0.3) is 11.0 Å². The van der Waals surface area contributed by atoms with Crippen LogP contribution in [0.5, 0.6) is 0 Å². The fourth-order valence-corrected chi connectivity index (χ4v) is 1.66. The first kappa shape index (κ1) is 11.4. The zero-order valence-electron chi connectivity index (χ0n) is 9.68. The van der Waals surface area contributed by atoms with Crippen molar-refractivity contribution in [3.8, 4) is 0 Å². The summed E-state index contributed by atoms with van der Waals surface area (Å²) in [7, 11) is 1.94. The van der Waals surface area contributed by atoms with Gasteiger partial charge in [0.25, 0.3) is 0 Å². The molecule has 0 unspecified atom stereocenters. The average molecular weight is 233 g/mol. The Hall–Kier alpha value is -2.11. The SMILES string of the molecule is Cn1cnc2c(NCCCC(N)=O)nccc21. The number of aromatic nitrogens is 3. The largest absolute Gasteiger partial charge is 0.370 e. The molecule has 0 saturated carbocycles. The Morgan fingerprint density at radius 1 is 1.53 bits per heavy atom. The van der Waals surface area contributed by atoms with Crippen molar-refractivity contribution < 1.29 is 4.79 Å². The molecule has 17 heavy (non-hydrogen) atoms. The van der Waals surface area contributed by atoms with Crippen molar-refractivity contribution in [3.05, 3.63) is 18.6 Å². The standard InChI is InChI=1S/C11H15N5O/c1-16-7-15-10-8(16)4-6-14-11(10)13-5-2-3-9(12)17/h4,6-7H,2-3,5H2,1H3,(H2,12,17)(H,13,14). The number of fused-ring (bicyclic) bond motifs is 1. The molecule has 0 bridgehead atoms. The fraction of sp³-hybridized carbons (Fsp3) is 0.364. The smallest absolute Gasteiger partial charge is 0.217 e. The summed E-state index contributed by atoms with van der Waals surface area (Å²) in [5.41, 5.74) is 6.93. The molecule has 1 amide bonds. The number of anilines is 1. The lowest BCUT2D eigenvalue weighted by molar-refractivity contribution is -0.118. The van der Waals surface area contributed by atoms with E-state index in [1.54, 1.807) is 12.5 Å². The molecule has 0 fully saturated rings. The summed E-state index contributed by atoms with van der Waals surface area (Å²) in [6.07, 6.45) is 4.56. The normalized spacial score (nSPS) is 10.6. The highest BCUT2D eigenvalue weighted by atomic mass is 16.1. The van der Waals surface area contributed by atoms with E-state index < -0.39 is 0 Å². The third kappa shape index (κ3) is 2.52. The monoisotopic (exact) mass is 233 g/mol. The number of imidazole rings is 1. The van der Waals surface area contributed by atoms with E-state index in [0.29, 0.717) is 19.4 Å². The topological polar surface area (TPSA) is 85.8 Å². The average Bonchev–Trinajstić information content (AvgIpc) is 2.67. The van der Waals surface area contributed by atoms with Crippen molar-refractivity contribution in [3.63, 3.8) is 0 Å². The predicted octanol–water partition coefficient (Wildman–Crippen LogP) is 0.646. The van der Waals surface area contributed by atoms with Gasteiger partial charge in [-0.15, -0.1) is 0 Å². The van der Waals surface area contributed by atoms with Gasteiger partial charge in [0.15, 0.2) is 5.82 Å². The number of carbonyl (C=O) groups excluding carboxylic acids is 1. The van der Waals surface area contributed by atoms with Gasteiger partial charge in [-0.2, -0.15) is 0 Å². The van der Waals surface area contributed by atoms with Crippen LogP contribution in [0.4, 0.5) is 5.82 Å². The number of nitrogens with one attached hydrogen (secondary N) is 1. The van der Waals surface area contributed by atoms with Gasteiger partial charge in [0, 0.05) is 26.2 Å². The Bertz CT molecular complexity index is 534. The van der Waals surface area contributed by atoms with E-state index in [2.05, 4.69) is 15.3 Å². The minimum absolute atomic E-state index is 0.282. The molecule has 0 aliphatic rings. The Morgan fingerprint density at radius 2 is 2.35 bits per heavy atom. The molecular formula is C11H15N5O. The highest BCUT2D eigenvalue weighted by Gasteiger charge is 2.05. The van der Waals surface area contributed by atoms with Crippen LogP contribution in [0, 0.1) is 0 Å². The molecule has 0 spiro atoms. The molecule has 2 rings (SSSR count). The van der Waals surface area contributed by atoms with Crippen molar-refractivity contribution in [2.45, 2.75) is 12.8 Å². The number of hydrogen-bond acceptors (Lipinski definition) is 4. The maximum absolute atomic E-state index is 10.6. The maximum Gasteiger partial charge on any atom is 0.217 e. The first-order chi connectivity index (χ1) is 8.18. The van der Waals surface area contributed by atoms with Crippen molar-refractivity contribution in [2.75, 3.05) is 11.9 Å². The minimum atomic E-state index is -0.282. The van der Waals surface area contributed by atoms with Crippen molar-refractivity contribution in [1.82, 2.24) is 14.5 Å². The third-order valence-corrected chi connectivity index (χ3v) is 2.54. The Balaban J connectivity index is 2.06. The molecule has 0 aliphatic heterocycles. The Morgan fingerprint density at radius 3 is 3.12 bits per heavy atom. The van der Waals surface area contributed by atoms with E-state index in [1.807, 2.05) is 17.7 Å². The number of nitrogens with zero attached hydrogens (tertiary/aromatic N) is 3. The van der Waals surface area contributed by atoms with E-state index in [4.69, 9.17) is 5.73 Å². The maximum atomic E-state index is 10.6. The number of carbonyl (C=O) groups is 1. The lowest BCUT2D eigenvalue weighted by Gasteiger charge is -2.05. The van der Waals surface area contributed by atoms with Crippen molar-refractivity contribution in [1.29, 1.82) is 0 Å². The molecule has 0 radical (unpaired) electrons. The lowest BCUT2D eigenvalue weighted by Crippen LogP contribution is -2.13. The molecule has 0 saturated heterocycles.